The summed E-state index contributed by atoms with van der Waals surface area (Å²) in [6.07, 6.45) is 3.36. The quantitative estimate of drug-likeness (QED) is 0.768. The standard InChI is InChI=1S/C15H26FN3/c1-6-8-17-10-12-9-13(16)11-18-14(12)19(5)15(3,4)7-2/h9,11,17H,6-8,10H2,1-5H3. The number of pyridine rings is 1. The van der Waals surface area contributed by atoms with E-state index in [4.69, 9.17) is 0 Å². The zero-order valence-corrected chi connectivity index (χ0v) is 12.8. The Morgan fingerprint density at radius 3 is 2.63 bits per heavy atom. The van der Waals surface area contributed by atoms with Gasteiger partial charge in [-0.1, -0.05) is 13.8 Å². The van der Waals surface area contributed by atoms with Gasteiger partial charge >= 0.3 is 0 Å². The number of anilines is 1. The van der Waals surface area contributed by atoms with Crippen LogP contribution in [0.5, 0.6) is 0 Å². The number of nitrogens with zero attached hydrogens (tertiary/aromatic N) is 2. The van der Waals surface area contributed by atoms with Crippen LogP contribution >= 0.6 is 0 Å². The minimum absolute atomic E-state index is 0.00430. The summed E-state index contributed by atoms with van der Waals surface area (Å²) in [7, 11) is 2.02. The molecule has 0 spiro atoms. The summed E-state index contributed by atoms with van der Waals surface area (Å²) in [5, 5.41) is 3.31. The van der Waals surface area contributed by atoms with Crippen molar-refractivity contribution in [3.8, 4) is 0 Å². The van der Waals surface area contributed by atoms with Crippen LogP contribution < -0.4 is 10.2 Å². The topological polar surface area (TPSA) is 28.2 Å². The van der Waals surface area contributed by atoms with Gasteiger partial charge in [0.15, 0.2) is 0 Å². The van der Waals surface area contributed by atoms with Gasteiger partial charge in [0.2, 0.25) is 0 Å². The van der Waals surface area contributed by atoms with Crippen LogP contribution in [-0.4, -0.2) is 24.1 Å². The van der Waals surface area contributed by atoms with Crippen LogP contribution in [0.15, 0.2) is 12.3 Å². The highest BCUT2D eigenvalue weighted by Crippen LogP contribution is 2.26. The van der Waals surface area contributed by atoms with Crippen molar-refractivity contribution in [1.29, 1.82) is 0 Å². The van der Waals surface area contributed by atoms with Gasteiger partial charge in [0.1, 0.15) is 11.6 Å². The molecule has 108 valence electrons. The van der Waals surface area contributed by atoms with E-state index in [0.717, 1.165) is 30.8 Å². The van der Waals surface area contributed by atoms with Crippen molar-refractivity contribution in [2.24, 2.45) is 0 Å². The minimum Gasteiger partial charge on any atom is -0.354 e. The molecule has 0 bridgehead atoms. The molecule has 19 heavy (non-hydrogen) atoms. The van der Waals surface area contributed by atoms with Crippen LogP contribution in [0.4, 0.5) is 10.2 Å². The number of aromatic nitrogens is 1. The van der Waals surface area contributed by atoms with Gasteiger partial charge in [-0.15, -0.1) is 0 Å². The molecule has 1 rings (SSSR count). The van der Waals surface area contributed by atoms with E-state index in [2.05, 4.69) is 42.9 Å². The molecule has 4 heteroatoms. The molecule has 0 fully saturated rings. The summed E-state index contributed by atoms with van der Waals surface area (Å²) in [6.45, 7) is 10.2. The van der Waals surface area contributed by atoms with Crippen LogP contribution in [-0.2, 0) is 6.54 Å². The average Bonchev–Trinajstić information content (AvgIpc) is 2.38. The maximum absolute atomic E-state index is 13.4. The zero-order valence-electron chi connectivity index (χ0n) is 12.8. The largest absolute Gasteiger partial charge is 0.354 e. The Hall–Kier alpha value is -1.16. The first-order chi connectivity index (χ1) is 8.92. The molecule has 0 aromatic carbocycles. The van der Waals surface area contributed by atoms with Crippen molar-refractivity contribution in [1.82, 2.24) is 10.3 Å². The van der Waals surface area contributed by atoms with Crippen LogP contribution in [0.1, 0.15) is 46.1 Å². The number of hydrogen-bond donors (Lipinski definition) is 1. The molecule has 0 saturated heterocycles. The monoisotopic (exact) mass is 267 g/mol. The Morgan fingerprint density at radius 2 is 2.05 bits per heavy atom. The second-order valence-electron chi connectivity index (χ2n) is 5.54. The first-order valence-electron chi connectivity index (χ1n) is 7.01. The molecular formula is C15H26FN3. The second kappa shape index (κ2) is 6.85. The lowest BCUT2D eigenvalue weighted by atomic mass is 9.99. The van der Waals surface area contributed by atoms with Crippen molar-refractivity contribution < 1.29 is 4.39 Å². The summed E-state index contributed by atoms with van der Waals surface area (Å²) in [6, 6.07) is 1.58. The van der Waals surface area contributed by atoms with Crippen LogP contribution in [0.2, 0.25) is 0 Å². The molecule has 0 radical (unpaired) electrons. The van der Waals surface area contributed by atoms with Crippen LogP contribution in [0, 0.1) is 5.82 Å². The molecule has 0 aliphatic carbocycles. The third-order valence-electron chi connectivity index (χ3n) is 3.74. The molecule has 1 heterocycles. The first-order valence-corrected chi connectivity index (χ1v) is 7.01. The summed E-state index contributed by atoms with van der Waals surface area (Å²) in [4.78, 5) is 6.42. The van der Waals surface area contributed by atoms with E-state index in [1.54, 1.807) is 6.07 Å². The fourth-order valence-electron chi connectivity index (χ4n) is 1.83. The predicted octanol–water partition coefficient (Wildman–Crippen LogP) is 3.35. The Labute approximate surface area is 116 Å². The van der Waals surface area contributed by atoms with E-state index in [0.29, 0.717) is 6.54 Å². The first kappa shape index (κ1) is 15.9. The van der Waals surface area contributed by atoms with Gasteiger partial charge in [-0.2, -0.15) is 0 Å². The highest BCUT2D eigenvalue weighted by Gasteiger charge is 2.24. The third kappa shape index (κ3) is 4.16. The lowest BCUT2D eigenvalue weighted by Crippen LogP contribution is -2.41. The van der Waals surface area contributed by atoms with Gasteiger partial charge in [0, 0.05) is 24.7 Å². The van der Waals surface area contributed by atoms with E-state index in [-0.39, 0.29) is 11.4 Å². The van der Waals surface area contributed by atoms with Gasteiger partial charge in [-0.25, -0.2) is 9.37 Å². The normalized spacial score (nSPS) is 11.7. The number of nitrogens with one attached hydrogen (secondary N) is 1. The van der Waals surface area contributed by atoms with Crippen molar-refractivity contribution >= 4 is 5.82 Å². The fraction of sp³-hybridized carbons (Fsp3) is 0.667. The summed E-state index contributed by atoms with van der Waals surface area (Å²) < 4.78 is 13.4. The Kier molecular flexibility index (Phi) is 5.73. The number of halogens is 1. The molecule has 1 aromatic heterocycles. The highest BCUT2D eigenvalue weighted by molar-refractivity contribution is 5.48. The number of rotatable bonds is 7. The summed E-state index contributed by atoms with van der Waals surface area (Å²) in [5.74, 6) is 0.580. The lowest BCUT2D eigenvalue weighted by Gasteiger charge is -2.37. The van der Waals surface area contributed by atoms with Crippen LogP contribution in [0.3, 0.4) is 0 Å². The Balaban J connectivity index is 2.98. The summed E-state index contributed by atoms with van der Waals surface area (Å²) in [5.41, 5.74) is 0.919. The fourth-order valence-corrected chi connectivity index (χ4v) is 1.83. The van der Waals surface area contributed by atoms with Crippen molar-refractivity contribution in [2.45, 2.75) is 52.6 Å². The molecule has 1 N–H and O–H groups in total. The second-order valence-corrected chi connectivity index (χ2v) is 5.54. The molecule has 0 amide bonds. The molecule has 0 aliphatic rings. The van der Waals surface area contributed by atoms with Gasteiger partial charge < -0.3 is 10.2 Å². The van der Waals surface area contributed by atoms with E-state index in [9.17, 15) is 4.39 Å². The minimum atomic E-state index is -0.278. The highest BCUT2D eigenvalue weighted by atomic mass is 19.1. The van der Waals surface area contributed by atoms with Crippen LogP contribution in [0.25, 0.3) is 0 Å². The molecule has 3 nitrogen and oxygen atoms in total. The van der Waals surface area contributed by atoms with Crippen molar-refractivity contribution in [3.05, 3.63) is 23.6 Å². The third-order valence-corrected chi connectivity index (χ3v) is 3.74. The van der Waals surface area contributed by atoms with E-state index in [1.165, 1.54) is 6.20 Å². The molecular weight excluding hydrogens is 241 g/mol. The lowest BCUT2D eigenvalue weighted by molar-refractivity contribution is 0.464. The van der Waals surface area contributed by atoms with Crippen molar-refractivity contribution in [3.63, 3.8) is 0 Å². The molecule has 0 unspecified atom stereocenters. The molecule has 1 aromatic rings. The summed E-state index contributed by atoms with van der Waals surface area (Å²) >= 11 is 0. The van der Waals surface area contributed by atoms with E-state index in [1.807, 2.05) is 7.05 Å². The van der Waals surface area contributed by atoms with Gasteiger partial charge in [0.25, 0.3) is 0 Å². The van der Waals surface area contributed by atoms with Crippen molar-refractivity contribution in [2.75, 3.05) is 18.5 Å². The SMILES string of the molecule is CCCNCc1cc(F)cnc1N(C)C(C)(C)CC. The zero-order chi connectivity index (χ0) is 14.5. The van der Waals surface area contributed by atoms with Gasteiger partial charge in [0.05, 0.1) is 6.20 Å². The smallest absolute Gasteiger partial charge is 0.141 e. The average molecular weight is 267 g/mol. The Bertz CT molecular complexity index is 404. The van der Waals surface area contributed by atoms with E-state index >= 15 is 0 Å². The molecule has 0 saturated carbocycles. The predicted molar refractivity (Wildman–Crippen MR) is 79.0 cm³/mol. The molecule has 0 atom stereocenters. The van der Waals surface area contributed by atoms with Gasteiger partial charge in [-0.05, 0) is 39.3 Å². The maximum atomic E-state index is 13.4. The number of hydrogen-bond acceptors (Lipinski definition) is 3. The van der Waals surface area contributed by atoms with E-state index < -0.39 is 0 Å². The Morgan fingerprint density at radius 1 is 1.37 bits per heavy atom. The maximum Gasteiger partial charge on any atom is 0.141 e. The van der Waals surface area contributed by atoms with Gasteiger partial charge in [-0.3, -0.25) is 0 Å². The molecule has 0 aliphatic heterocycles.